The van der Waals surface area contributed by atoms with Gasteiger partial charge in [-0.2, -0.15) is 0 Å². The molecular weight excluding hydrogens is 136 g/mol. The minimum absolute atomic E-state index is 0.126. The number of hydrogen-bond acceptors (Lipinski definition) is 1. The summed E-state index contributed by atoms with van der Waals surface area (Å²) in [5.74, 6) is 7.23. The molecule has 0 N–H and O–H groups in total. The van der Waals surface area contributed by atoms with Gasteiger partial charge in [0.25, 0.3) is 0 Å². The predicted octanol–water partition coefficient (Wildman–Crippen LogP) is 2.02. The zero-order chi connectivity index (χ0) is 8.27. The van der Waals surface area contributed by atoms with Gasteiger partial charge in [0.05, 0.1) is 0 Å². The molecule has 1 aliphatic carbocycles. The van der Waals surface area contributed by atoms with Gasteiger partial charge in [0.2, 0.25) is 0 Å². The number of hydrogen-bond donors (Lipinski definition) is 0. The van der Waals surface area contributed by atoms with Gasteiger partial charge >= 0.3 is 0 Å². The van der Waals surface area contributed by atoms with Gasteiger partial charge < -0.3 is 0 Å². The number of ketones is 1. The van der Waals surface area contributed by atoms with E-state index in [1.165, 1.54) is 12.8 Å². The van der Waals surface area contributed by atoms with Crippen LogP contribution in [0.3, 0.4) is 0 Å². The van der Waals surface area contributed by atoms with Crippen LogP contribution in [0.1, 0.15) is 33.1 Å². The Balaban J connectivity index is 2.20. The number of Topliss-reactive ketones (excluding diaryl/α,β-unsaturated/α-hetero) is 1. The second kappa shape index (κ2) is 3.57. The highest BCUT2D eigenvalue weighted by atomic mass is 16.1. The quantitative estimate of drug-likeness (QED) is 0.550. The van der Waals surface area contributed by atoms with Crippen LogP contribution in [0.4, 0.5) is 0 Å². The molecule has 0 aliphatic heterocycles. The van der Waals surface area contributed by atoms with E-state index in [2.05, 4.69) is 11.8 Å². The lowest BCUT2D eigenvalue weighted by Crippen LogP contribution is -2.04. The summed E-state index contributed by atoms with van der Waals surface area (Å²) in [7, 11) is 0. The monoisotopic (exact) mass is 150 g/mol. The Labute approximate surface area is 68.2 Å². The molecule has 0 heterocycles. The van der Waals surface area contributed by atoms with Gasteiger partial charge in [-0.1, -0.05) is 12.8 Å². The fourth-order valence-corrected chi connectivity index (χ4v) is 0.728. The second-order valence-electron chi connectivity index (χ2n) is 3.31. The summed E-state index contributed by atoms with van der Waals surface area (Å²) in [6.07, 6.45) is 3.27. The Kier molecular flexibility index (Phi) is 2.70. The van der Waals surface area contributed by atoms with E-state index < -0.39 is 0 Å². The maximum atomic E-state index is 10.8. The zero-order valence-electron chi connectivity index (χ0n) is 7.18. The predicted molar refractivity (Wildman–Crippen MR) is 45.0 cm³/mol. The third-order valence-electron chi connectivity index (χ3n) is 1.99. The van der Waals surface area contributed by atoms with E-state index in [1.54, 1.807) is 6.92 Å². The first-order valence-electron chi connectivity index (χ1n) is 4.19. The molecular formula is C10H14O. The lowest BCUT2D eigenvalue weighted by Gasteiger charge is -1.98. The van der Waals surface area contributed by atoms with Crippen LogP contribution in [0.25, 0.3) is 0 Å². The van der Waals surface area contributed by atoms with Crippen LogP contribution in [0, 0.1) is 23.7 Å². The van der Waals surface area contributed by atoms with Crippen LogP contribution in [-0.2, 0) is 4.79 Å². The van der Waals surface area contributed by atoms with E-state index in [1.807, 2.05) is 6.92 Å². The maximum Gasteiger partial charge on any atom is 0.133 e. The second-order valence-corrected chi connectivity index (χ2v) is 3.31. The minimum atomic E-state index is 0.126. The van der Waals surface area contributed by atoms with Crippen LogP contribution in [-0.4, -0.2) is 5.78 Å². The molecule has 1 nitrogen and oxygen atoms in total. The van der Waals surface area contributed by atoms with Crippen molar-refractivity contribution in [3.8, 4) is 11.8 Å². The number of carbonyl (C=O) groups is 1. The van der Waals surface area contributed by atoms with Gasteiger partial charge in [-0.05, 0) is 19.8 Å². The summed E-state index contributed by atoms with van der Waals surface area (Å²) in [5, 5.41) is 0. The van der Waals surface area contributed by atoms with Crippen molar-refractivity contribution in [1.82, 2.24) is 0 Å². The maximum absolute atomic E-state index is 10.8. The minimum Gasteiger partial charge on any atom is -0.300 e. The molecule has 0 aromatic rings. The van der Waals surface area contributed by atoms with Gasteiger partial charge in [-0.25, -0.2) is 0 Å². The largest absolute Gasteiger partial charge is 0.300 e. The fourth-order valence-electron chi connectivity index (χ4n) is 0.728. The molecule has 1 fully saturated rings. The molecule has 0 radical (unpaired) electrons. The Morgan fingerprint density at radius 1 is 1.64 bits per heavy atom. The van der Waals surface area contributed by atoms with Crippen molar-refractivity contribution in [3.63, 3.8) is 0 Å². The van der Waals surface area contributed by atoms with E-state index in [0.717, 1.165) is 6.42 Å². The van der Waals surface area contributed by atoms with E-state index in [4.69, 9.17) is 0 Å². The van der Waals surface area contributed by atoms with E-state index in [9.17, 15) is 4.79 Å². The van der Waals surface area contributed by atoms with Crippen molar-refractivity contribution in [2.24, 2.45) is 11.8 Å². The van der Waals surface area contributed by atoms with Crippen molar-refractivity contribution < 1.29 is 4.79 Å². The molecule has 60 valence electrons. The Morgan fingerprint density at radius 3 is 2.73 bits per heavy atom. The normalized spacial score (nSPS) is 18.4. The third kappa shape index (κ3) is 3.23. The van der Waals surface area contributed by atoms with E-state index >= 15 is 0 Å². The van der Waals surface area contributed by atoms with Crippen LogP contribution < -0.4 is 0 Å². The molecule has 1 aliphatic rings. The lowest BCUT2D eigenvalue weighted by atomic mass is 10.0. The molecule has 0 saturated heterocycles. The van der Waals surface area contributed by atoms with Crippen LogP contribution in [0.2, 0.25) is 0 Å². The summed E-state index contributed by atoms with van der Waals surface area (Å²) < 4.78 is 0. The lowest BCUT2D eigenvalue weighted by molar-refractivity contribution is -0.120. The highest BCUT2D eigenvalue weighted by Gasteiger charge is 2.17. The SMILES string of the molecule is CC(=O)[C@@H](C)CC#CC1CC1. The van der Waals surface area contributed by atoms with Crippen molar-refractivity contribution in [3.05, 3.63) is 0 Å². The van der Waals surface area contributed by atoms with Crippen LogP contribution >= 0.6 is 0 Å². The van der Waals surface area contributed by atoms with Crippen LogP contribution in [0.15, 0.2) is 0 Å². The standard InChI is InChI=1S/C10H14O/c1-8(9(2)11)4-3-5-10-6-7-10/h8,10H,4,6-7H2,1-2H3/t8-/m0/s1. The van der Waals surface area contributed by atoms with Crippen molar-refractivity contribution in [2.75, 3.05) is 0 Å². The summed E-state index contributed by atoms with van der Waals surface area (Å²) >= 11 is 0. The summed E-state index contributed by atoms with van der Waals surface area (Å²) in [6, 6.07) is 0. The van der Waals surface area contributed by atoms with Gasteiger partial charge in [-0.3, -0.25) is 4.79 Å². The van der Waals surface area contributed by atoms with Crippen molar-refractivity contribution in [1.29, 1.82) is 0 Å². The molecule has 1 heteroatoms. The Hall–Kier alpha value is -0.770. The summed E-state index contributed by atoms with van der Waals surface area (Å²) in [6.45, 7) is 3.56. The third-order valence-corrected chi connectivity index (χ3v) is 1.99. The summed E-state index contributed by atoms with van der Waals surface area (Å²) in [4.78, 5) is 10.8. The van der Waals surface area contributed by atoms with Gasteiger partial charge in [-0.15, -0.1) is 5.92 Å². The van der Waals surface area contributed by atoms with E-state index in [-0.39, 0.29) is 11.7 Å². The Morgan fingerprint density at radius 2 is 2.27 bits per heavy atom. The van der Waals surface area contributed by atoms with Crippen molar-refractivity contribution >= 4 is 5.78 Å². The first-order valence-corrected chi connectivity index (χ1v) is 4.19. The molecule has 1 rings (SSSR count). The highest BCUT2D eigenvalue weighted by molar-refractivity contribution is 5.78. The zero-order valence-corrected chi connectivity index (χ0v) is 7.18. The smallest absolute Gasteiger partial charge is 0.133 e. The molecule has 0 spiro atoms. The number of carbonyl (C=O) groups excluding carboxylic acids is 1. The molecule has 0 amide bonds. The molecule has 1 atom stereocenters. The van der Waals surface area contributed by atoms with Gasteiger partial charge in [0.15, 0.2) is 0 Å². The number of rotatable bonds is 2. The fraction of sp³-hybridized carbons (Fsp3) is 0.700. The summed E-state index contributed by atoms with van der Waals surface area (Å²) in [5.41, 5.74) is 0. The first kappa shape index (κ1) is 8.33. The van der Waals surface area contributed by atoms with E-state index in [0.29, 0.717) is 5.92 Å². The molecule has 0 aromatic heterocycles. The Bertz CT molecular complexity index is 203. The molecule has 0 unspecified atom stereocenters. The first-order chi connectivity index (χ1) is 5.20. The molecule has 0 bridgehead atoms. The van der Waals surface area contributed by atoms with Gasteiger partial charge in [0.1, 0.15) is 5.78 Å². The average molecular weight is 150 g/mol. The topological polar surface area (TPSA) is 17.1 Å². The molecule has 11 heavy (non-hydrogen) atoms. The molecule has 1 saturated carbocycles. The van der Waals surface area contributed by atoms with Crippen LogP contribution in [0.5, 0.6) is 0 Å². The highest BCUT2D eigenvalue weighted by Crippen LogP contribution is 2.27. The molecule has 0 aromatic carbocycles. The van der Waals surface area contributed by atoms with Crippen molar-refractivity contribution in [2.45, 2.75) is 33.1 Å². The average Bonchev–Trinajstić information content (AvgIpc) is 2.71. The van der Waals surface area contributed by atoms with Gasteiger partial charge in [0, 0.05) is 18.3 Å².